The molecule has 3 aromatic heterocycles. The van der Waals surface area contributed by atoms with Crippen LogP contribution >= 0.6 is 0 Å². The maximum atomic E-state index is 6.40. The molecular formula is C42H26N2O. The molecule has 0 bridgehead atoms. The monoisotopic (exact) mass is 574 g/mol. The summed E-state index contributed by atoms with van der Waals surface area (Å²) >= 11 is 0. The number of hydrogen-bond donors (Lipinski definition) is 0. The summed E-state index contributed by atoms with van der Waals surface area (Å²) in [5, 5.41) is 7.24. The summed E-state index contributed by atoms with van der Waals surface area (Å²) in [7, 11) is 0. The molecule has 7 aromatic carbocycles. The summed E-state index contributed by atoms with van der Waals surface area (Å²) in [6.07, 6.45) is 0. The van der Waals surface area contributed by atoms with Crippen LogP contribution in [0.3, 0.4) is 0 Å². The Balaban J connectivity index is 1.34. The molecule has 3 nitrogen and oxygen atoms in total. The highest BCUT2D eigenvalue weighted by Crippen LogP contribution is 2.40. The van der Waals surface area contributed by atoms with Crippen molar-refractivity contribution in [2.45, 2.75) is 0 Å². The van der Waals surface area contributed by atoms with Crippen LogP contribution in [0.4, 0.5) is 0 Å². The van der Waals surface area contributed by atoms with Crippen molar-refractivity contribution in [3.63, 3.8) is 0 Å². The fourth-order valence-corrected chi connectivity index (χ4v) is 7.32. The van der Waals surface area contributed by atoms with Gasteiger partial charge in [0.2, 0.25) is 0 Å². The Hall–Kier alpha value is -6.06. The Morgan fingerprint density at radius 1 is 0.311 bits per heavy atom. The van der Waals surface area contributed by atoms with Crippen molar-refractivity contribution in [2.24, 2.45) is 0 Å². The van der Waals surface area contributed by atoms with Crippen molar-refractivity contribution in [1.82, 2.24) is 9.13 Å². The van der Waals surface area contributed by atoms with E-state index >= 15 is 0 Å². The quantitative estimate of drug-likeness (QED) is 0.206. The number of furan rings is 1. The van der Waals surface area contributed by atoms with Gasteiger partial charge in [0.15, 0.2) is 0 Å². The molecule has 10 aromatic rings. The van der Waals surface area contributed by atoms with E-state index in [-0.39, 0.29) is 0 Å². The van der Waals surface area contributed by atoms with Crippen molar-refractivity contribution >= 4 is 65.6 Å². The molecule has 210 valence electrons. The van der Waals surface area contributed by atoms with Crippen molar-refractivity contribution in [2.75, 3.05) is 0 Å². The molecule has 0 aliphatic carbocycles. The number of nitrogens with zero attached hydrogens (tertiary/aromatic N) is 2. The van der Waals surface area contributed by atoms with Gasteiger partial charge in [0.25, 0.3) is 0 Å². The van der Waals surface area contributed by atoms with E-state index in [1.54, 1.807) is 0 Å². The number of aromatic nitrogens is 2. The second-order valence-corrected chi connectivity index (χ2v) is 11.8. The zero-order valence-corrected chi connectivity index (χ0v) is 24.3. The van der Waals surface area contributed by atoms with Crippen LogP contribution in [-0.4, -0.2) is 9.13 Å². The van der Waals surface area contributed by atoms with E-state index in [2.05, 4.69) is 155 Å². The topological polar surface area (TPSA) is 23.0 Å². The van der Waals surface area contributed by atoms with Gasteiger partial charge in [-0.1, -0.05) is 103 Å². The molecule has 0 unspecified atom stereocenters. The van der Waals surface area contributed by atoms with E-state index in [4.69, 9.17) is 4.42 Å². The standard InChI is InChI=1S/C42H26N2O/c1-2-12-27(13-3-1)28-22-29(43-37-18-8-4-14-31(37)32-15-5-9-19-38(32)43)24-30(23-28)44-39-20-10-6-16-33(39)35-25-36-34-17-7-11-21-41(34)45-42(36)26-40(35)44/h1-26H. The van der Waals surface area contributed by atoms with Crippen molar-refractivity contribution in [1.29, 1.82) is 0 Å². The third kappa shape index (κ3) is 3.52. The molecule has 0 spiro atoms. The lowest BCUT2D eigenvalue weighted by Crippen LogP contribution is -2.00. The molecule has 0 radical (unpaired) electrons. The summed E-state index contributed by atoms with van der Waals surface area (Å²) in [5.74, 6) is 0. The molecule has 0 atom stereocenters. The number of rotatable bonds is 3. The highest BCUT2D eigenvalue weighted by atomic mass is 16.3. The molecule has 10 rings (SSSR count). The molecule has 0 amide bonds. The van der Waals surface area contributed by atoms with Crippen LogP contribution in [0.1, 0.15) is 0 Å². The maximum absolute atomic E-state index is 6.40. The smallest absolute Gasteiger partial charge is 0.137 e. The molecule has 0 aliphatic heterocycles. The largest absolute Gasteiger partial charge is 0.456 e. The molecule has 0 saturated carbocycles. The van der Waals surface area contributed by atoms with Crippen molar-refractivity contribution in [3.8, 4) is 22.5 Å². The fraction of sp³-hybridized carbons (Fsp3) is 0. The highest BCUT2D eigenvalue weighted by Gasteiger charge is 2.19. The minimum Gasteiger partial charge on any atom is -0.456 e. The Labute approximate surface area is 258 Å². The van der Waals surface area contributed by atoms with Gasteiger partial charge in [-0.15, -0.1) is 0 Å². The summed E-state index contributed by atoms with van der Waals surface area (Å²) in [4.78, 5) is 0. The van der Waals surface area contributed by atoms with Crippen LogP contribution in [0, 0.1) is 0 Å². The van der Waals surface area contributed by atoms with Gasteiger partial charge >= 0.3 is 0 Å². The Bertz CT molecular complexity index is 2710. The lowest BCUT2D eigenvalue weighted by molar-refractivity contribution is 0.669. The van der Waals surface area contributed by atoms with Gasteiger partial charge < -0.3 is 13.6 Å². The zero-order valence-electron chi connectivity index (χ0n) is 24.3. The Morgan fingerprint density at radius 2 is 0.822 bits per heavy atom. The number of hydrogen-bond acceptors (Lipinski definition) is 1. The first kappa shape index (κ1) is 24.4. The minimum absolute atomic E-state index is 0.898. The summed E-state index contributed by atoms with van der Waals surface area (Å²) < 4.78 is 11.2. The van der Waals surface area contributed by atoms with Gasteiger partial charge in [-0.05, 0) is 59.7 Å². The van der Waals surface area contributed by atoms with Crippen LogP contribution in [0.5, 0.6) is 0 Å². The number of fused-ring (bicyclic) bond motifs is 9. The van der Waals surface area contributed by atoms with Gasteiger partial charge in [-0.3, -0.25) is 0 Å². The lowest BCUT2D eigenvalue weighted by atomic mass is 10.0. The minimum atomic E-state index is 0.898. The van der Waals surface area contributed by atoms with Crippen molar-refractivity contribution in [3.05, 3.63) is 158 Å². The first-order valence-corrected chi connectivity index (χ1v) is 15.4. The van der Waals surface area contributed by atoms with E-state index < -0.39 is 0 Å². The van der Waals surface area contributed by atoms with E-state index in [0.29, 0.717) is 0 Å². The van der Waals surface area contributed by atoms with E-state index in [1.165, 1.54) is 49.2 Å². The van der Waals surface area contributed by atoms with Gasteiger partial charge in [0.05, 0.1) is 22.1 Å². The predicted octanol–water partition coefficient (Wildman–Crippen LogP) is 11.4. The van der Waals surface area contributed by atoms with E-state index in [0.717, 1.165) is 38.8 Å². The van der Waals surface area contributed by atoms with Crippen molar-refractivity contribution < 1.29 is 4.42 Å². The fourth-order valence-electron chi connectivity index (χ4n) is 7.32. The third-order valence-electron chi connectivity index (χ3n) is 9.28. The van der Waals surface area contributed by atoms with Crippen LogP contribution < -0.4 is 0 Å². The molecule has 0 N–H and O–H groups in total. The van der Waals surface area contributed by atoms with Crippen LogP contribution in [0.15, 0.2) is 162 Å². The van der Waals surface area contributed by atoms with E-state index in [9.17, 15) is 0 Å². The average Bonchev–Trinajstić information content (AvgIpc) is 3.75. The highest BCUT2D eigenvalue weighted by molar-refractivity contribution is 6.17. The Morgan fingerprint density at radius 3 is 1.47 bits per heavy atom. The summed E-state index contributed by atoms with van der Waals surface area (Å²) in [6.45, 7) is 0. The third-order valence-corrected chi connectivity index (χ3v) is 9.28. The van der Waals surface area contributed by atoms with Crippen LogP contribution in [-0.2, 0) is 0 Å². The van der Waals surface area contributed by atoms with Crippen LogP contribution in [0.2, 0.25) is 0 Å². The molecule has 0 aliphatic rings. The van der Waals surface area contributed by atoms with Gasteiger partial charge in [0.1, 0.15) is 11.2 Å². The van der Waals surface area contributed by atoms with Crippen LogP contribution in [0.25, 0.3) is 88.1 Å². The molecule has 45 heavy (non-hydrogen) atoms. The second-order valence-electron chi connectivity index (χ2n) is 11.8. The van der Waals surface area contributed by atoms with Gasteiger partial charge in [-0.2, -0.15) is 0 Å². The lowest BCUT2D eigenvalue weighted by Gasteiger charge is -2.16. The zero-order chi connectivity index (χ0) is 29.5. The molecule has 0 saturated heterocycles. The first-order valence-electron chi connectivity index (χ1n) is 15.4. The molecule has 3 heterocycles. The number of para-hydroxylation sites is 4. The molecule has 0 fully saturated rings. The normalized spacial score (nSPS) is 12.0. The summed E-state index contributed by atoms with van der Waals surface area (Å²) in [6, 6.07) is 56.6. The maximum Gasteiger partial charge on any atom is 0.137 e. The Kier molecular flexibility index (Phi) is 5.00. The molecule has 3 heteroatoms. The predicted molar refractivity (Wildman–Crippen MR) is 188 cm³/mol. The summed E-state index contributed by atoms with van der Waals surface area (Å²) in [5.41, 5.74) is 11.1. The average molecular weight is 575 g/mol. The van der Waals surface area contributed by atoms with Gasteiger partial charge in [-0.25, -0.2) is 0 Å². The molecular weight excluding hydrogens is 548 g/mol. The number of benzene rings is 7. The second kappa shape index (κ2) is 9.22. The van der Waals surface area contributed by atoms with E-state index in [1.807, 2.05) is 12.1 Å². The SMILES string of the molecule is c1ccc(-c2cc(-n3c4ccccc4c4ccccc43)cc(-n3c4ccccc4c4cc5c(cc43)oc3ccccc35)c2)cc1. The first-order chi connectivity index (χ1) is 22.3. The van der Waals surface area contributed by atoms with Gasteiger partial charge in [0, 0.05) is 49.8 Å².